The molecule has 2 aromatic heterocycles. The lowest BCUT2D eigenvalue weighted by Gasteiger charge is -2.27. The second-order valence-corrected chi connectivity index (χ2v) is 5.26. The summed E-state index contributed by atoms with van der Waals surface area (Å²) in [6.07, 6.45) is -1.87. The summed E-state index contributed by atoms with van der Waals surface area (Å²) in [4.78, 5) is 17.6. The Morgan fingerprint density at radius 1 is 1.27 bits per heavy atom. The van der Waals surface area contributed by atoms with Crippen LogP contribution in [0.25, 0.3) is 0 Å². The number of amides is 1. The van der Waals surface area contributed by atoms with Crippen molar-refractivity contribution in [3.05, 3.63) is 35.2 Å². The topological polar surface area (TPSA) is 56.0 Å². The van der Waals surface area contributed by atoms with E-state index in [-0.39, 0.29) is 18.3 Å². The van der Waals surface area contributed by atoms with E-state index in [1.165, 1.54) is 14.1 Å². The third-order valence-corrected chi connectivity index (χ3v) is 3.62. The first-order valence-electron chi connectivity index (χ1n) is 6.68. The van der Waals surface area contributed by atoms with E-state index in [1.807, 2.05) is 0 Å². The molecule has 0 atom stereocenters. The molecule has 118 valence electrons. The number of nitrogens with zero attached hydrogens (tertiary/aromatic N) is 5. The van der Waals surface area contributed by atoms with Crippen LogP contribution in [-0.4, -0.2) is 36.7 Å². The molecule has 0 N–H and O–H groups in total. The molecule has 1 amide bonds. The Morgan fingerprint density at radius 3 is 2.59 bits per heavy atom. The first-order chi connectivity index (χ1) is 10.3. The third-order valence-electron chi connectivity index (χ3n) is 3.62. The van der Waals surface area contributed by atoms with E-state index < -0.39 is 11.9 Å². The quantitative estimate of drug-likeness (QED) is 0.803. The maximum Gasteiger partial charge on any atom is 0.434 e. The summed E-state index contributed by atoms with van der Waals surface area (Å²) in [5.74, 6) is 0.00174. The molecule has 2 aromatic rings. The van der Waals surface area contributed by atoms with Crippen LogP contribution in [-0.2, 0) is 26.3 Å². The van der Waals surface area contributed by atoms with Gasteiger partial charge in [0, 0.05) is 32.5 Å². The SMILES string of the molecule is Cc1nn(C)cc1C(=O)N1CCn2cc(C(F)(F)F)nc2C1. The van der Waals surface area contributed by atoms with Crippen LogP contribution in [0.3, 0.4) is 0 Å². The number of hydrogen-bond donors (Lipinski definition) is 0. The Labute approximate surface area is 124 Å². The van der Waals surface area contributed by atoms with Crippen molar-refractivity contribution in [3.63, 3.8) is 0 Å². The number of hydrogen-bond acceptors (Lipinski definition) is 3. The molecular formula is C13H14F3N5O. The molecule has 0 bridgehead atoms. The van der Waals surface area contributed by atoms with Crippen molar-refractivity contribution >= 4 is 5.91 Å². The fourth-order valence-corrected chi connectivity index (χ4v) is 2.54. The average Bonchev–Trinajstić information content (AvgIpc) is 2.99. The largest absolute Gasteiger partial charge is 0.434 e. The zero-order chi connectivity index (χ0) is 16.1. The van der Waals surface area contributed by atoms with Crippen LogP contribution in [0.4, 0.5) is 13.2 Å². The summed E-state index contributed by atoms with van der Waals surface area (Å²) in [6, 6.07) is 0. The first kappa shape index (κ1) is 14.6. The van der Waals surface area contributed by atoms with Crippen LogP contribution in [0.15, 0.2) is 12.4 Å². The zero-order valence-electron chi connectivity index (χ0n) is 12.1. The monoisotopic (exact) mass is 313 g/mol. The molecule has 0 saturated heterocycles. The van der Waals surface area contributed by atoms with E-state index in [0.717, 1.165) is 6.20 Å². The van der Waals surface area contributed by atoms with Crippen molar-refractivity contribution in [3.8, 4) is 0 Å². The van der Waals surface area contributed by atoms with Gasteiger partial charge in [0.05, 0.1) is 17.8 Å². The second-order valence-electron chi connectivity index (χ2n) is 5.26. The van der Waals surface area contributed by atoms with Gasteiger partial charge in [-0.1, -0.05) is 0 Å². The molecule has 3 heterocycles. The highest BCUT2D eigenvalue weighted by atomic mass is 19.4. The smallest absolute Gasteiger partial charge is 0.331 e. The number of aryl methyl sites for hydroxylation is 2. The van der Waals surface area contributed by atoms with Gasteiger partial charge in [0.15, 0.2) is 5.69 Å². The Kier molecular flexibility index (Phi) is 3.22. The highest BCUT2D eigenvalue weighted by Gasteiger charge is 2.36. The predicted molar refractivity (Wildman–Crippen MR) is 69.9 cm³/mol. The molecule has 6 nitrogen and oxygen atoms in total. The Balaban J connectivity index is 1.84. The van der Waals surface area contributed by atoms with E-state index >= 15 is 0 Å². The van der Waals surface area contributed by atoms with Gasteiger partial charge in [0.2, 0.25) is 0 Å². The van der Waals surface area contributed by atoms with Gasteiger partial charge in [-0.05, 0) is 6.92 Å². The van der Waals surface area contributed by atoms with Gasteiger partial charge < -0.3 is 9.47 Å². The van der Waals surface area contributed by atoms with E-state index in [4.69, 9.17) is 0 Å². The molecule has 0 aromatic carbocycles. The number of carbonyl (C=O) groups is 1. The van der Waals surface area contributed by atoms with Crippen LogP contribution in [0.1, 0.15) is 27.6 Å². The Bertz CT molecular complexity index is 731. The van der Waals surface area contributed by atoms with E-state index in [9.17, 15) is 18.0 Å². The highest BCUT2D eigenvalue weighted by molar-refractivity contribution is 5.95. The summed E-state index contributed by atoms with van der Waals surface area (Å²) in [6.45, 7) is 2.42. The number of fused-ring (bicyclic) bond motifs is 1. The van der Waals surface area contributed by atoms with Crippen LogP contribution in [0, 0.1) is 6.92 Å². The van der Waals surface area contributed by atoms with Crippen molar-refractivity contribution in [1.82, 2.24) is 24.2 Å². The molecule has 0 unspecified atom stereocenters. The van der Waals surface area contributed by atoms with Gasteiger partial charge in [-0.25, -0.2) is 4.98 Å². The summed E-state index contributed by atoms with van der Waals surface area (Å²) < 4.78 is 41.0. The fraction of sp³-hybridized carbons (Fsp3) is 0.462. The number of rotatable bonds is 1. The Morgan fingerprint density at radius 2 is 2.00 bits per heavy atom. The first-order valence-corrected chi connectivity index (χ1v) is 6.68. The standard InChI is InChI=1S/C13H14F3N5O/c1-8-9(5-19(2)18-8)12(22)21-4-3-20-6-10(13(14,15)16)17-11(20)7-21/h5-6H,3-4,7H2,1-2H3. The predicted octanol–water partition coefficient (Wildman–Crippen LogP) is 1.60. The zero-order valence-corrected chi connectivity index (χ0v) is 12.1. The van der Waals surface area contributed by atoms with Crippen LogP contribution in [0.2, 0.25) is 0 Å². The molecule has 1 aliphatic rings. The normalized spacial score (nSPS) is 15.0. The fourth-order valence-electron chi connectivity index (χ4n) is 2.54. The lowest BCUT2D eigenvalue weighted by molar-refractivity contribution is -0.141. The number of alkyl halides is 3. The third kappa shape index (κ3) is 2.46. The maximum absolute atomic E-state index is 12.7. The van der Waals surface area contributed by atoms with Crippen molar-refractivity contribution in [2.45, 2.75) is 26.2 Å². The minimum absolute atomic E-state index is 0.0588. The second kappa shape index (κ2) is 4.85. The molecule has 1 aliphatic heterocycles. The molecule has 22 heavy (non-hydrogen) atoms. The van der Waals surface area contributed by atoms with Gasteiger partial charge in [0.1, 0.15) is 5.82 Å². The number of imidazole rings is 1. The number of carbonyl (C=O) groups excluding carboxylic acids is 1. The average molecular weight is 313 g/mol. The van der Waals surface area contributed by atoms with Gasteiger partial charge in [0.25, 0.3) is 5.91 Å². The highest BCUT2D eigenvalue weighted by Crippen LogP contribution is 2.29. The lowest BCUT2D eigenvalue weighted by atomic mass is 10.2. The van der Waals surface area contributed by atoms with Gasteiger partial charge in [-0.15, -0.1) is 0 Å². The van der Waals surface area contributed by atoms with Crippen molar-refractivity contribution in [1.29, 1.82) is 0 Å². The molecule has 0 aliphatic carbocycles. The molecule has 0 spiro atoms. The minimum Gasteiger partial charge on any atom is -0.331 e. The van der Waals surface area contributed by atoms with E-state index in [0.29, 0.717) is 24.3 Å². The van der Waals surface area contributed by atoms with Gasteiger partial charge >= 0.3 is 6.18 Å². The van der Waals surface area contributed by atoms with Crippen LogP contribution < -0.4 is 0 Å². The van der Waals surface area contributed by atoms with Gasteiger partial charge in [-0.2, -0.15) is 18.3 Å². The summed E-state index contributed by atoms with van der Waals surface area (Å²) >= 11 is 0. The van der Waals surface area contributed by atoms with E-state index in [1.54, 1.807) is 20.2 Å². The number of aromatic nitrogens is 4. The summed E-state index contributed by atoms with van der Waals surface area (Å²) in [5.41, 5.74) is 0.130. The molecular weight excluding hydrogens is 299 g/mol. The molecule has 0 fully saturated rings. The summed E-state index contributed by atoms with van der Waals surface area (Å²) in [5, 5.41) is 4.11. The lowest BCUT2D eigenvalue weighted by Crippen LogP contribution is -2.38. The molecule has 9 heteroatoms. The Hall–Kier alpha value is -2.32. The van der Waals surface area contributed by atoms with Crippen molar-refractivity contribution in [2.75, 3.05) is 6.54 Å². The van der Waals surface area contributed by atoms with Crippen molar-refractivity contribution in [2.24, 2.45) is 7.05 Å². The van der Waals surface area contributed by atoms with Crippen LogP contribution >= 0.6 is 0 Å². The van der Waals surface area contributed by atoms with Crippen molar-refractivity contribution < 1.29 is 18.0 Å². The van der Waals surface area contributed by atoms with Crippen LogP contribution in [0.5, 0.6) is 0 Å². The summed E-state index contributed by atoms with van der Waals surface area (Å²) in [7, 11) is 1.71. The molecule has 0 saturated carbocycles. The minimum atomic E-state index is -4.47. The number of halogens is 3. The molecule has 3 rings (SSSR count). The molecule has 0 radical (unpaired) electrons. The van der Waals surface area contributed by atoms with E-state index in [2.05, 4.69) is 10.1 Å². The maximum atomic E-state index is 12.7. The van der Waals surface area contributed by atoms with Gasteiger partial charge in [-0.3, -0.25) is 9.48 Å².